The highest BCUT2D eigenvalue weighted by atomic mass is 15.2. The fourth-order valence-electron chi connectivity index (χ4n) is 2.55. The van der Waals surface area contributed by atoms with Crippen molar-refractivity contribution in [1.82, 2.24) is 5.32 Å². The molecule has 0 amide bonds. The minimum absolute atomic E-state index is 0.102. The van der Waals surface area contributed by atoms with Gasteiger partial charge in [0.15, 0.2) is 0 Å². The quantitative estimate of drug-likeness (QED) is 0.879. The van der Waals surface area contributed by atoms with E-state index in [9.17, 15) is 0 Å². The monoisotopic (exact) mass is 248 g/mol. The normalized spacial score (nSPS) is 11.8. The lowest BCUT2D eigenvalue weighted by molar-refractivity contribution is 0.462. The van der Waals surface area contributed by atoms with Crippen molar-refractivity contribution in [2.24, 2.45) is 0 Å². The van der Waals surface area contributed by atoms with Crippen molar-refractivity contribution in [3.05, 3.63) is 28.3 Å². The number of nitrogens with one attached hydrogen (secondary N) is 1. The van der Waals surface area contributed by atoms with Crippen LogP contribution in [0.1, 0.15) is 36.1 Å². The summed E-state index contributed by atoms with van der Waals surface area (Å²) in [6.45, 7) is 14.4. The SMILES string of the molecule is CNCC(C)(C)N(C)c1c(C)c(C)cc(C)c1C. The maximum atomic E-state index is 3.29. The summed E-state index contributed by atoms with van der Waals surface area (Å²) in [6, 6.07) is 2.28. The highest BCUT2D eigenvalue weighted by molar-refractivity contribution is 5.64. The number of hydrogen-bond donors (Lipinski definition) is 1. The van der Waals surface area contributed by atoms with E-state index in [-0.39, 0.29) is 5.54 Å². The lowest BCUT2D eigenvalue weighted by atomic mass is 9.94. The fourth-order valence-corrected chi connectivity index (χ4v) is 2.55. The second kappa shape index (κ2) is 5.31. The topological polar surface area (TPSA) is 15.3 Å². The van der Waals surface area contributed by atoms with Gasteiger partial charge in [0.1, 0.15) is 0 Å². The number of rotatable bonds is 4. The third kappa shape index (κ3) is 2.69. The van der Waals surface area contributed by atoms with Crippen LogP contribution in [-0.2, 0) is 0 Å². The number of anilines is 1. The number of hydrogen-bond acceptors (Lipinski definition) is 2. The minimum atomic E-state index is 0.102. The van der Waals surface area contributed by atoms with Gasteiger partial charge in [-0.25, -0.2) is 0 Å². The molecule has 0 aliphatic carbocycles. The van der Waals surface area contributed by atoms with E-state index >= 15 is 0 Å². The van der Waals surface area contributed by atoms with E-state index in [1.54, 1.807) is 0 Å². The van der Waals surface area contributed by atoms with Gasteiger partial charge in [-0.3, -0.25) is 0 Å². The van der Waals surface area contributed by atoms with Gasteiger partial charge < -0.3 is 10.2 Å². The second-order valence-electron chi connectivity index (χ2n) is 6.01. The Balaban J connectivity index is 3.33. The molecule has 102 valence electrons. The molecule has 0 aliphatic rings. The molecule has 0 aliphatic heterocycles. The van der Waals surface area contributed by atoms with Gasteiger partial charge in [0, 0.05) is 24.8 Å². The summed E-state index contributed by atoms with van der Waals surface area (Å²) in [4.78, 5) is 2.41. The molecule has 0 bridgehead atoms. The van der Waals surface area contributed by atoms with Crippen molar-refractivity contribution < 1.29 is 0 Å². The van der Waals surface area contributed by atoms with E-state index < -0.39 is 0 Å². The van der Waals surface area contributed by atoms with Crippen LogP contribution in [0.3, 0.4) is 0 Å². The standard InChI is InChI=1S/C16H28N2/c1-11-9-12(2)14(4)15(13(11)3)18(8)16(5,6)10-17-7/h9,17H,10H2,1-8H3. The molecule has 1 aromatic carbocycles. The minimum Gasteiger partial charge on any atom is -0.368 e. The Morgan fingerprint density at radius 1 is 1.06 bits per heavy atom. The van der Waals surface area contributed by atoms with E-state index in [1.165, 1.54) is 27.9 Å². The van der Waals surface area contributed by atoms with E-state index in [1.807, 2.05) is 7.05 Å². The first-order valence-corrected chi connectivity index (χ1v) is 6.68. The molecule has 0 fully saturated rings. The Morgan fingerprint density at radius 3 is 1.89 bits per heavy atom. The van der Waals surface area contributed by atoms with Crippen molar-refractivity contribution in [2.45, 2.75) is 47.1 Å². The summed E-state index contributed by atoms with van der Waals surface area (Å²) in [7, 11) is 4.21. The number of likely N-dealkylation sites (N-methyl/N-ethyl adjacent to an activating group) is 2. The molecular weight excluding hydrogens is 220 g/mol. The molecule has 0 saturated heterocycles. The maximum Gasteiger partial charge on any atom is 0.0467 e. The van der Waals surface area contributed by atoms with Crippen LogP contribution in [0.15, 0.2) is 6.07 Å². The van der Waals surface area contributed by atoms with Gasteiger partial charge in [0.05, 0.1) is 0 Å². The third-order valence-electron chi connectivity index (χ3n) is 4.18. The number of nitrogens with zero attached hydrogens (tertiary/aromatic N) is 1. The molecule has 0 radical (unpaired) electrons. The van der Waals surface area contributed by atoms with Gasteiger partial charge in [-0.15, -0.1) is 0 Å². The van der Waals surface area contributed by atoms with Crippen LogP contribution < -0.4 is 10.2 Å². The lowest BCUT2D eigenvalue weighted by Crippen LogP contribution is -2.48. The van der Waals surface area contributed by atoms with E-state index in [0.717, 1.165) is 6.54 Å². The largest absolute Gasteiger partial charge is 0.368 e. The van der Waals surface area contributed by atoms with Crippen molar-refractivity contribution in [3.8, 4) is 0 Å². The second-order valence-corrected chi connectivity index (χ2v) is 6.01. The molecular formula is C16H28N2. The Hall–Kier alpha value is -1.02. The van der Waals surface area contributed by atoms with Crippen LogP contribution in [0.25, 0.3) is 0 Å². The highest BCUT2D eigenvalue weighted by Gasteiger charge is 2.26. The third-order valence-corrected chi connectivity index (χ3v) is 4.18. The van der Waals surface area contributed by atoms with Gasteiger partial charge in [-0.05, 0) is 70.8 Å². The summed E-state index contributed by atoms with van der Waals surface area (Å²) >= 11 is 0. The first-order chi connectivity index (χ1) is 8.22. The van der Waals surface area contributed by atoms with Crippen LogP contribution in [0.5, 0.6) is 0 Å². The Labute approximate surface area is 112 Å². The Morgan fingerprint density at radius 2 is 1.50 bits per heavy atom. The average molecular weight is 248 g/mol. The predicted octanol–water partition coefficient (Wildman–Crippen LogP) is 3.35. The van der Waals surface area contributed by atoms with Crippen LogP contribution in [0, 0.1) is 27.7 Å². The fraction of sp³-hybridized carbons (Fsp3) is 0.625. The summed E-state index contributed by atoms with van der Waals surface area (Å²) in [5.41, 5.74) is 7.02. The van der Waals surface area contributed by atoms with Gasteiger partial charge in [0.2, 0.25) is 0 Å². The van der Waals surface area contributed by atoms with Gasteiger partial charge in [-0.2, -0.15) is 0 Å². The molecule has 1 N–H and O–H groups in total. The maximum absolute atomic E-state index is 3.29. The zero-order valence-corrected chi connectivity index (χ0v) is 13.2. The van der Waals surface area contributed by atoms with Crippen molar-refractivity contribution in [1.29, 1.82) is 0 Å². The summed E-state index contributed by atoms with van der Waals surface area (Å²) < 4.78 is 0. The molecule has 1 rings (SSSR count). The molecule has 18 heavy (non-hydrogen) atoms. The van der Waals surface area contributed by atoms with Gasteiger partial charge in [0.25, 0.3) is 0 Å². The van der Waals surface area contributed by atoms with Crippen LogP contribution in [0.4, 0.5) is 5.69 Å². The molecule has 0 atom stereocenters. The first kappa shape index (κ1) is 15.0. The molecule has 0 aromatic heterocycles. The van der Waals surface area contributed by atoms with E-state index in [0.29, 0.717) is 0 Å². The van der Waals surface area contributed by atoms with Gasteiger partial charge in [-0.1, -0.05) is 6.07 Å². The number of aryl methyl sites for hydroxylation is 2. The zero-order valence-electron chi connectivity index (χ0n) is 13.2. The lowest BCUT2D eigenvalue weighted by Gasteiger charge is -2.40. The smallest absolute Gasteiger partial charge is 0.0467 e. The Bertz CT molecular complexity index is 407. The van der Waals surface area contributed by atoms with Crippen molar-refractivity contribution in [2.75, 3.05) is 25.5 Å². The predicted molar refractivity (Wildman–Crippen MR) is 81.8 cm³/mol. The molecule has 0 heterocycles. The zero-order chi connectivity index (χ0) is 14.1. The average Bonchev–Trinajstić information content (AvgIpc) is 2.26. The highest BCUT2D eigenvalue weighted by Crippen LogP contribution is 2.33. The van der Waals surface area contributed by atoms with E-state index in [2.05, 4.69) is 64.9 Å². The van der Waals surface area contributed by atoms with Gasteiger partial charge >= 0.3 is 0 Å². The van der Waals surface area contributed by atoms with Crippen molar-refractivity contribution in [3.63, 3.8) is 0 Å². The molecule has 1 aromatic rings. The summed E-state index contributed by atoms with van der Waals surface area (Å²) in [6.07, 6.45) is 0. The van der Waals surface area contributed by atoms with Crippen LogP contribution >= 0.6 is 0 Å². The van der Waals surface area contributed by atoms with Crippen molar-refractivity contribution >= 4 is 5.69 Å². The molecule has 0 spiro atoms. The number of benzene rings is 1. The summed E-state index contributed by atoms with van der Waals surface area (Å²) in [5.74, 6) is 0. The first-order valence-electron chi connectivity index (χ1n) is 6.68. The van der Waals surface area contributed by atoms with Crippen LogP contribution in [-0.4, -0.2) is 26.2 Å². The summed E-state index contributed by atoms with van der Waals surface area (Å²) in [5, 5.41) is 3.29. The molecule has 2 heteroatoms. The molecule has 0 unspecified atom stereocenters. The molecule has 2 nitrogen and oxygen atoms in total. The Kier molecular flexibility index (Phi) is 4.44. The molecule has 0 saturated carbocycles. The van der Waals surface area contributed by atoms with E-state index in [4.69, 9.17) is 0 Å². The van der Waals surface area contributed by atoms with Crippen LogP contribution in [0.2, 0.25) is 0 Å².